The average molecular weight is 352 g/mol. The van der Waals surface area contributed by atoms with Gasteiger partial charge in [-0.2, -0.15) is 11.8 Å². The zero-order chi connectivity index (χ0) is 13.4. The molecule has 0 aliphatic heterocycles. The van der Waals surface area contributed by atoms with Gasteiger partial charge in [0.05, 0.1) is 4.90 Å². The van der Waals surface area contributed by atoms with Gasteiger partial charge in [-0.1, -0.05) is 28.4 Å². The number of benzene rings is 1. The maximum atomic E-state index is 11.9. The fourth-order valence-electron chi connectivity index (χ4n) is 1.47. The number of thioether (sulfide) groups is 1. The van der Waals surface area contributed by atoms with Crippen molar-refractivity contribution < 1.29 is 8.42 Å². The van der Waals surface area contributed by atoms with Gasteiger partial charge in [0.25, 0.3) is 0 Å². The molecule has 0 bridgehead atoms. The van der Waals surface area contributed by atoms with Gasteiger partial charge in [-0.15, -0.1) is 0 Å². The van der Waals surface area contributed by atoms with Crippen LogP contribution in [0.4, 0.5) is 0 Å². The van der Waals surface area contributed by atoms with E-state index in [9.17, 15) is 8.42 Å². The van der Waals surface area contributed by atoms with Crippen molar-refractivity contribution in [2.24, 2.45) is 0 Å². The summed E-state index contributed by atoms with van der Waals surface area (Å²) < 4.78 is 27.3. The quantitative estimate of drug-likeness (QED) is 0.731. The minimum atomic E-state index is -3.36. The number of rotatable bonds is 8. The molecule has 0 amide bonds. The summed E-state index contributed by atoms with van der Waals surface area (Å²) in [6, 6.07) is 6.73. The monoisotopic (exact) mass is 351 g/mol. The summed E-state index contributed by atoms with van der Waals surface area (Å²) in [7, 11) is -3.36. The summed E-state index contributed by atoms with van der Waals surface area (Å²) in [5.74, 6) is 1.14. The zero-order valence-electron chi connectivity index (χ0n) is 10.4. The first-order valence-corrected chi connectivity index (χ1v) is 9.47. The van der Waals surface area contributed by atoms with E-state index < -0.39 is 10.0 Å². The van der Waals surface area contributed by atoms with Crippen LogP contribution in [-0.2, 0) is 10.0 Å². The molecule has 0 spiro atoms. The third-order valence-corrected chi connectivity index (χ3v) is 5.07. The van der Waals surface area contributed by atoms with Gasteiger partial charge >= 0.3 is 0 Å². The summed E-state index contributed by atoms with van der Waals surface area (Å²) >= 11 is 5.09. The maximum Gasteiger partial charge on any atom is 0.240 e. The molecule has 0 radical (unpaired) electrons. The van der Waals surface area contributed by atoms with Gasteiger partial charge in [-0.05, 0) is 43.0 Å². The minimum absolute atomic E-state index is 0.306. The van der Waals surface area contributed by atoms with Crippen LogP contribution >= 0.6 is 27.7 Å². The Morgan fingerprint density at radius 2 is 2.06 bits per heavy atom. The Hall–Kier alpha value is -0.0400. The highest BCUT2D eigenvalue weighted by Crippen LogP contribution is 2.15. The number of nitrogens with one attached hydrogen (secondary N) is 1. The molecule has 0 heterocycles. The van der Waals surface area contributed by atoms with Crippen molar-refractivity contribution in [1.29, 1.82) is 0 Å². The first kappa shape index (κ1) is 16.0. The summed E-state index contributed by atoms with van der Waals surface area (Å²) in [5, 5.41) is 0. The van der Waals surface area contributed by atoms with Crippen molar-refractivity contribution in [3.8, 4) is 0 Å². The van der Waals surface area contributed by atoms with Crippen LogP contribution in [0.3, 0.4) is 0 Å². The Bertz CT molecular complexity index is 463. The van der Waals surface area contributed by atoms with Crippen LogP contribution in [-0.4, -0.2) is 27.0 Å². The standard InChI is InChI=1S/C12H18BrNO2S2/c1-17-9-4-2-3-8-14-18(15,16)12-7-5-6-11(13)10-12/h5-7,10,14H,2-4,8-9H2,1H3. The third kappa shape index (κ3) is 5.73. The highest BCUT2D eigenvalue weighted by molar-refractivity contribution is 9.10. The van der Waals surface area contributed by atoms with Crippen molar-refractivity contribution in [3.63, 3.8) is 0 Å². The number of unbranched alkanes of at least 4 members (excludes halogenated alkanes) is 2. The van der Waals surface area contributed by atoms with Crippen LogP contribution in [0.2, 0.25) is 0 Å². The van der Waals surface area contributed by atoms with Crippen LogP contribution < -0.4 is 4.72 Å². The van der Waals surface area contributed by atoms with E-state index >= 15 is 0 Å². The first-order chi connectivity index (χ1) is 8.56. The highest BCUT2D eigenvalue weighted by Gasteiger charge is 2.12. The lowest BCUT2D eigenvalue weighted by molar-refractivity contribution is 0.576. The molecular weight excluding hydrogens is 334 g/mol. The summed E-state index contributed by atoms with van der Waals surface area (Å²) in [6.45, 7) is 0.503. The van der Waals surface area contributed by atoms with E-state index in [1.165, 1.54) is 0 Å². The summed E-state index contributed by atoms with van der Waals surface area (Å²) in [4.78, 5) is 0.306. The Labute approximate surface area is 122 Å². The molecule has 1 N–H and O–H groups in total. The van der Waals surface area contributed by atoms with Crippen LogP contribution in [0.25, 0.3) is 0 Å². The van der Waals surface area contributed by atoms with E-state index in [0.717, 1.165) is 29.5 Å². The first-order valence-electron chi connectivity index (χ1n) is 5.80. The molecule has 0 fully saturated rings. The number of hydrogen-bond donors (Lipinski definition) is 1. The second-order valence-electron chi connectivity index (χ2n) is 3.91. The molecule has 6 heteroatoms. The van der Waals surface area contributed by atoms with Gasteiger partial charge in [0.15, 0.2) is 0 Å². The molecule has 1 aromatic rings. The molecule has 102 valence electrons. The lowest BCUT2D eigenvalue weighted by atomic mass is 10.2. The van der Waals surface area contributed by atoms with Crippen molar-refractivity contribution in [3.05, 3.63) is 28.7 Å². The fraction of sp³-hybridized carbons (Fsp3) is 0.500. The lowest BCUT2D eigenvalue weighted by Crippen LogP contribution is -2.24. The maximum absolute atomic E-state index is 11.9. The average Bonchev–Trinajstić information content (AvgIpc) is 2.33. The van der Waals surface area contributed by atoms with Crippen molar-refractivity contribution >= 4 is 37.7 Å². The minimum Gasteiger partial charge on any atom is -0.211 e. The summed E-state index contributed by atoms with van der Waals surface area (Å²) in [5.41, 5.74) is 0. The molecule has 0 aliphatic rings. The predicted octanol–water partition coefficient (Wildman–Crippen LogP) is 3.26. The Balaban J connectivity index is 2.41. The summed E-state index contributed by atoms with van der Waals surface area (Å²) in [6.07, 6.45) is 5.16. The molecule has 0 aromatic heterocycles. The van der Waals surface area contributed by atoms with Crippen LogP contribution in [0.5, 0.6) is 0 Å². The molecule has 0 unspecified atom stereocenters. The lowest BCUT2D eigenvalue weighted by Gasteiger charge is -2.06. The molecule has 0 saturated carbocycles. The van der Waals surface area contributed by atoms with Gasteiger partial charge in [0.1, 0.15) is 0 Å². The Kier molecular flexibility index (Phi) is 7.29. The van der Waals surface area contributed by atoms with E-state index in [0.29, 0.717) is 11.4 Å². The molecule has 1 rings (SSSR count). The van der Waals surface area contributed by atoms with Gasteiger partial charge in [-0.3, -0.25) is 0 Å². The predicted molar refractivity (Wildman–Crippen MR) is 81.6 cm³/mol. The van der Waals surface area contributed by atoms with E-state index in [1.54, 1.807) is 24.3 Å². The normalized spacial score (nSPS) is 11.7. The molecule has 18 heavy (non-hydrogen) atoms. The largest absolute Gasteiger partial charge is 0.240 e. The number of sulfonamides is 1. The molecule has 0 atom stereocenters. The number of halogens is 1. The van der Waals surface area contributed by atoms with E-state index in [2.05, 4.69) is 26.9 Å². The molecular formula is C12H18BrNO2S2. The third-order valence-electron chi connectivity index (χ3n) is 2.42. The van der Waals surface area contributed by atoms with E-state index in [1.807, 2.05) is 11.8 Å². The zero-order valence-corrected chi connectivity index (χ0v) is 13.6. The molecule has 1 aromatic carbocycles. The van der Waals surface area contributed by atoms with Crippen molar-refractivity contribution in [2.45, 2.75) is 24.2 Å². The van der Waals surface area contributed by atoms with Crippen LogP contribution in [0, 0.1) is 0 Å². The molecule has 0 saturated heterocycles. The molecule has 0 aliphatic carbocycles. The van der Waals surface area contributed by atoms with Crippen LogP contribution in [0.15, 0.2) is 33.6 Å². The Morgan fingerprint density at radius 1 is 1.28 bits per heavy atom. The second-order valence-corrected chi connectivity index (χ2v) is 7.58. The van der Waals surface area contributed by atoms with Gasteiger partial charge in [0, 0.05) is 11.0 Å². The Morgan fingerprint density at radius 3 is 2.72 bits per heavy atom. The van der Waals surface area contributed by atoms with Gasteiger partial charge in [-0.25, -0.2) is 13.1 Å². The van der Waals surface area contributed by atoms with E-state index in [4.69, 9.17) is 0 Å². The number of hydrogen-bond acceptors (Lipinski definition) is 3. The van der Waals surface area contributed by atoms with Gasteiger partial charge in [0.2, 0.25) is 10.0 Å². The van der Waals surface area contributed by atoms with Crippen molar-refractivity contribution in [2.75, 3.05) is 18.6 Å². The molecule has 3 nitrogen and oxygen atoms in total. The topological polar surface area (TPSA) is 46.2 Å². The smallest absolute Gasteiger partial charge is 0.211 e. The highest BCUT2D eigenvalue weighted by atomic mass is 79.9. The van der Waals surface area contributed by atoms with Gasteiger partial charge < -0.3 is 0 Å². The van der Waals surface area contributed by atoms with E-state index in [-0.39, 0.29) is 0 Å². The fourth-order valence-corrected chi connectivity index (χ4v) is 3.64. The second kappa shape index (κ2) is 8.19. The SMILES string of the molecule is CSCCCCCNS(=O)(=O)c1cccc(Br)c1. The van der Waals surface area contributed by atoms with Crippen LogP contribution in [0.1, 0.15) is 19.3 Å². The van der Waals surface area contributed by atoms with Crippen molar-refractivity contribution in [1.82, 2.24) is 4.72 Å².